The number of hydrogen-bond acceptors (Lipinski definition) is 5. The second-order valence-electron chi connectivity index (χ2n) is 4.68. The van der Waals surface area contributed by atoms with Crippen molar-refractivity contribution in [3.63, 3.8) is 0 Å². The number of rotatable bonds is 2. The lowest BCUT2D eigenvalue weighted by molar-refractivity contribution is -0.145. The second kappa shape index (κ2) is 5.21. The molecule has 0 saturated heterocycles. The normalized spacial score (nSPS) is 20.6. The highest BCUT2D eigenvalue weighted by molar-refractivity contribution is 6.30. The van der Waals surface area contributed by atoms with Gasteiger partial charge in [0.15, 0.2) is 0 Å². The number of methoxy groups -OCH3 is 1. The smallest absolute Gasteiger partial charge is 0.317 e. The third-order valence-electron chi connectivity index (χ3n) is 3.47. The van der Waals surface area contributed by atoms with Crippen LogP contribution in [0.3, 0.4) is 0 Å². The van der Waals surface area contributed by atoms with Crippen LogP contribution in [0, 0.1) is 5.92 Å². The predicted molar refractivity (Wildman–Crippen MR) is 77.9 cm³/mol. The minimum Gasteiger partial charge on any atom is -0.468 e. The molecular weight excluding hydrogens is 292 g/mol. The van der Waals surface area contributed by atoms with Crippen molar-refractivity contribution < 1.29 is 9.53 Å². The van der Waals surface area contributed by atoms with Gasteiger partial charge in [0.05, 0.1) is 13.2 Å². The van der Waals surface area contributed by atoms with E-state index in [-0.39, 0.29) is 12.0 Å². The van der Waals surface area contributed by atoms with E-state index in [4.69, 9.17) is 16.3 Å². The number of carbonyl (C=O) groups is 1. The first-order valence-corrected chi connectivity index (χ1v) is 6.68. The van der Waals surface area contributed by atoms with E-state index in [1.165, 1.54) is 13.4 Å². The molecule has 0 spiro atoms. The number of carbonyl (C=O) groups excluding carboxylic acids is 1. The molecule has 0 fully saturated rings. The van der Waals surface area contributed by atoms with Crippen molar-refractivity contribution in [1.82, 2.24) is 14.8 Å². The average molecular weight is 305 g/mol. The monoisotopic (exact) mass is 304 g/mol. The van der Waals surface area contributed by atoms with Crippen molar-refractivity contribution in [2.24, 2.45) is 5.92 Å². The third kappa shape index (κ3) is 2.27. The van der Waals surface area contributed by atoms with Crippen molar-refractivity contribution in [3.8, 4) is 0 Å². The summed E-state index contributed by atoms with van der Waals surface area (Å²) in [6.45, 7) is 3.92. The maximum Gasteiger partial charge on any atom is 0.317 e. The third-order valence-corrected chi connectivity index (χ3v) is 3.72. The molecule has 21 heavy (non-hydrogen) atoms. The molecule has 1 N–H and O–H groups in total. The molecule has 0 bridgehead atoms. The van der Waals surface area contributed by atoms with E-state index in [9.17, 15) is 4.79 Å². The molecule has 3 rings (SSSR count). The average Bonchev–Trinajstić information content (AvgIpc) is 2.94. The maximum absolute atomic E-state index is 12.1. The summed E-state index contributed by atoms with van der Waals surface area (Å²) in [6.07, 6.45) is 1.43. The fourth-order valence-corrected chi connectivity index (χ4v) is 2.61. The van der Waals surface area contributed by atoms with Gasteiger partial charge in [-0.05, 0) is 17.7 Å². The van der Waals surface area contributed by atoms with Gasteiger partial charge < -0.3 is 10.1 Å². The number of hydrogen-bond donors (Lipinski definition) is 1. The van der Waals surface area contributed by atoms with Crippen LogP contribution in [0.4, 0.5) is 5.95 Å². The lowest BCUT2D eigenvalue weighted by Crippen LogP contribution is -2.37. The van der Waals surface area contributed by atoms with Crippen molar-refractivity contribution in [1.29, 1.82) is 0 Å². The van der Waals surface area contributed by atoms with E-state index in [0.29, 0.717) is 16.7 Å². The molecule has 0 aliphatic carbocycles. The first-order chi connectivity index (χ1) is 10.1. The summed E-state index contributed by atoms with van der Waals surface area (Å²) >= 11 is 5.93. The Morgan fingerprint density at radius 1 is 1.43 bits per heavy atom. The standard InChI is InChI=1S/C14H13ClN4O2/c1-8-11(13(20)21-2)12(9-3-5-10(15)6-4-9)19-14(18-8)16-7-17-19/h3-7,11-12H,1H2,2H3,(H,16,17,18). The van der Waals surface area contributed by atoms with Crippen LogP contribution in [-0.2, 0) is 9.53 Å². The molecule has 2 heterocycles. The topological polar surface area (TPSA) is 69.0 Å². The summed E-state index contributed by atoms with van der Waals surface area (Å²) in [5.74, 6) is -0.431. The molecule has 2 atom stereocenters. The van der Waals surface area contributed by atoms with Gasteiger partial charge >= 0.3 is 5.97 Å². The molecule has 1 aromatic heterocycles. The molecule has 2 aromatic rings. The van der Waals surface area contributed by atoms with Gasteiger partial charge in [0, 0.05) is 10.7 Å². The van der Waals surface area contributed by atoms with E-state index >= 15 is 0 Å². The summed E-state index contributed by atoms with van der Waals surface area (Å²) in [6, 6.07) is 6.88. The van der Waals surface area contributed by atoms with E-state index in [1.807, 2.05) is 12.1 Å². The first kappa shape index (κ1) is 13.6. The summed E-state index contributed by atoms with van der Waals surface area (Å²) in [5, 5.41) is 7.81. The van der Waals surface area contributed by atoms with Crippen molar-refractivity contribution >= 4 is 23.5 Å². The van der Waals surface area contributed by atoms with Gasteiger partial charge in [-0.3, -0.25) is 4.79 Å². The van der Waals surface area contributed by atoms with Crippen LogP contribution in [0.5, 0.6) is 0 Å². The Morgan fingerprint density at radius 3 is 2.81 bits per heavy atom. The van der Waals surface area contributed by atoms with Gasteiger partial charge in [-0.15, -0.1) is 0 Å². The Labute approximate surface area is 126 Å². The Morgan fingerprint density at radius 2 is 2.14 bits per heavy atom. The molecule has 2 unspecified atom stereocenters. The zero-order chi connectivity index (χ0) is 15.0. The Bertz CT molecular complexity index is 695. The SMILES string of the molecule is C=C1Nc2ncnn2C(c2ccc(Cl)cc2)C1C(=O)OC. The minimum absolute atomic E-state index is 0.374. The van der Waals surface area contributed by atoms with Gasteiger partial charge in [0.25, 0.3) is 0 Å². The fraction of sp³-hybridized carbons (Fsp3) is 0.214. The number of benzene rings is 1. The summed E-state index contributed by atoms with van der Waals surface area (Å²) in [5.41, 5.74) is 1.41. The first-order valence-electron chi connectivity index (χ1n) is 6.30. The number of anilines is 1. The Kier molecular flexibility index (Phi) is 3.39. The van der Waals surface area contributed by atoms with Crippen LogP contribution in [0.1, 0.15) is 11.6 Å². The number of nitrogens with zero attached hydrogens (tertiary/aromatic N) is 3. The van der Waals surface area contributed by atoms with Gasteiger partial charge in [-0.1, -0.05) is 30.3 Å². The molecule has 0 amide bonds. The fourth-order valence-electron chi connectivity index (χ4n) is 2.49. The Hall–Kier alpha value is -2.34. The number of esters is 1. The molecule has 1 aliphatic rings. The number of nitrogens with one attached hydrogen (secondary N) is 1. The molecule has 1 aliphatic heterocycles. The van der Waals surface area contributed by atoms with Crippen LogP contribution >= 0.6 is 11.6 Å². The highest BCUT2D eigenvalue weighted by Crippen LogP contribution is 2.37. The van der Waals surface area contributed by atoms with Gasteiger partial charge in [0.2, 0.25) is 5.95 Å². The zero-order valence-electron chi connectivity index (χ0n) is 11.3. The minimum atomic E-state index is -0.592. The van der Waals surface area contributed by atoms with E-state index in [0.717, 1.165) is 5.56 Å². The highest BCUT2D eigenvalue weighted by Gasteiger charge is 2.40. The molecule has 0 saturated carbocycles. The van der Waals surface area contributed by atoms with E-state index < -0.39 is 5.92 Å². The van der Waals surface area contributed by atoms with Crippen LogP contribution < -0.4 is 5.32 Å². The molecular formula is C14H13ClN4O2. The van der Waals surface area contributed by atoms with Crippen molar-refractivity contribution in [2.45, 2.75) is 6.04 Å². The number of fused-ring (bicyclic) bond motifs is 1. The van der Waals surface area contributed by atoms with Crippen LogP contribution in [0.15, 0.2) is 42.9 Å². The van der Waals surface area contributed by atoms with Crippen molar-refractivity contribution in [2.75, 3.05) is 12.4 Å². The molecule has 6 nitrogen and oxygen atoms in total. The van der Waals surface area contributed by atoms with Crippen molar-refractivity contribution in [3.05, 3.63) is 53.5 Å². The highest BCUT2D eigenvalue weighted by atomic mass is 35.5. The van der Waals surface area contributed by atoms with Gasteiger partial charge in [-0.25, -0.2) is 4.68 Å². The quantitative estimate of drug-likeness (QED) is 0.862. The molecule has 7 heteroatoms. The maximum atomic E-state index is 12.1. The molecule has 1 aromatic carbocycles. The second-order valence-corrected chi connectivity index (χ2v) is 5.11. The Balaban J connectivity index is 2.13. The van der Waals surface area contributed by atoms with E-state index in [1.54, 1.807) is 16.8 Å². The van der Waals surface area contributed by atoms with Gasteiger partial charge in [0.1, 0.15) is 12.2 Å². The van der Waals surface area contributed by atoms with Gasteiger partial charge in [-0.2, -0.15) is 10.1 Å². The number of halogens is 1. The lowest BCUT2D eigenvalue weighted by Gasteiger charge is -2.32. The largest absolute Gasteiger partial charge is 0.468 e. The van der Waals surface area contributed by atoms with Crippen LogP contribution in [-0.4, -0.2) is 27.8 Å². The summed E-state index contributed by atoms with van der Waals surface area (Å²) < 4.78 is 6.55. The summed E-state index contributed by atoms with van der Waals surface area (Å²) in [7, 11) is 1.35. The summed E-state index contributed by atoms with van der Waals surface area (Å²) in [4.78, 5) is 16.3. The molecule has 0 radical (unpaired) electrons. The number of aromatic nitrogens is 3. The number of ether oxygens (including phenoxy) is 1. The zero-order valence-corrected chi connectivity index (χ0v) is 12.0. The molecule has 108 valence electrons. The lowest BCUT2D eigenvalue weighted by atomic mass is 9.89. The van der Waals surface area contributed by atoms with Crippen LogP contribution in [0.2, 0.25) is 5.02 Å². The predicted octanol–water partition coefficient (Wildman–Crippen LogP) is 2.25. The van der Waals surface area contributed by atoms with Crippen LogP contribution in [0.25, 0.3) is 0 Å². The van der Waals surface area contributed by atoms with E-state index in [2.05, 4.69) is 22.0 Å².